The number of amides is 1. The number of methoxy groups -OCH3 is 1. The summed E-state index contributed by atoms with van der Waals surface area (Å²) in [6, 6.07) is 7.98. The van der Waals surface area contributed by atoms with Crippen molar-refractivity contribution in [3.63, 3.8) is 0 Å². The number of carbonyl (C=O) groups excluding carboxylic acids is 1. The Bertz CT molecular complexity index is 704. The smallest absolute Gasteiger partial charge is 0.337 e. The molecule has 0 unspecified atom stereocenters. The third kappa shape index (κ3) is 2.89. The van der Waals surface area contributed by atoms with E-state index in [0.717, 1.165) is 5.69 Å². The van der Waals surface area contributed by atoms with Crippen LogP contribution in [0, 0.1) is 6.92 Å². The second-order valence-corrected chi connectivity index (χ2v) is 4.59. The van der Waals surface area contributed by atoms with Crippen molar-refractivity contribution < 1.29 is 19.4 Å². The largest absolute Gasteiger partial charge is 0.497 e. The number of nitrogens with zero attached hydrogens (tertiary/aromatic N) is 1. The monoisotopic (exact) mass is 288 g/mol. The number of carboxylic acids is 1. The summed E-state index contributed by atoms with van der Waals surface area (Å²) in [7, 11) is 3.22. The molecule has 0 saturated carbocycles. The summed E-state index contributed by atoms with van der Waals surface area (Å²) in [6.45, 7) is 1.88. The van der Waals surface area contributed by atoms with E-state index < -0.39 is 5.97 Å². The van der Waals surface area contributed by atoms with Gasteiger partial charge in [0.05, 0.1) is 18.4 Å². The van der Waals surface area contributed by atoms with Gasteiger partial charge in [0.25, 0.3) is 5.91 Å². The third-order valence-corrected chi connectivity index (χ3v) is 3.31. The number of hydrogen-bond donors (Lipinski definition) is 2. The predicted octanol–water partition coefficient (Wildman–Crippen LogP) is 2.29. The molecule has 0 fully saturated rings. The fourth-order valence-corrected chi connectivity index (χ4v) is 1.96. The lowest BCUT2D eigenvalue weighted by molar-refractivity contribution is 0.0697. The quantitative estimate of drug-likeness (QED) is 0.904. The van der Waals surface area contributed by atoms with Crippen LogP contribution in [0.15, 0.2) is 30.3 Å². The van der Waals surface area contributed by atoms with Crippen LogP contribution < -0.4 is 10.1 Å². The minimum Gasteiger partial charge on any atom is -0.497 e. The summed E-state index contributed by atoms with van der Waals surface area (Å²) in [5, 5.41) is 11.8. The van der Waals surface area contributed by atoms with Crippen LogP contribution in [0.2, 0.25) is 0 Å². The Balaban J connectivity index is 2.33. The molecule has 2 N–H and O–H groups in total. The van der Waals surface area contributed by atoms with E-state index in [1.165, 1.54) is 19.2 Å². The lowest BCUT2D eigenvalue weighted by Gasteiger charge is -2.11. The Kier molecular flexibility index (Phi) is 3.98. The first-order valence-corrected chi connectivity index (χ1v) is 6.29. The highest BCUT2D eigenvalue weighted by Crippen LogP contribution is 2.23. The van der Waals surface area contributed by atoms with Crippen LogP contribution in [-0.4, -0.2) is 28.7 Å². The molecule has 0 bridgehead atoms. The number of carboxylic acid groups (broad SMARTS) is 1. The number of nitrogens with one attached hydrogen (secondary N) is 1. The van der Waals surface area contributed by atoms with Gasteiger partial charge in [-0.1, -0.05) is 0 Å². The van der Waals surface area contributed by atoms with Crippen LogP contribution in [0.1, 0.15) is 26.5 Å². The van der Waals surface area contributed by atoms with E-state index in [-0.39, 0.29) is 17.2 Å². The normalized spacial score (nSPS) is 10.2. The van der Waals surface area contributed by atoms with Crippen LogP contribution in [0.5, 0.6) is 5.75 Å². The second kappa shape index (κ2) is 5.70. The molecule has 0 aliphatic heterocycles. The predicted molar refractivity (Wildman–Crippen MR) is 78.1 cm³/mol. The van der Waals surface area contributed by atoms with Gasteiger partial charge in [-0.15, -0.1) is 0 Å². The molecule has 0 aliphatic carbocycles. The first kappa shape index (κ1) is 14.6. The van der Waals surface area contributed by atoms with Gasteiger partial charge in [-0.3, -0.25) is 4.79 Å². The van der Waals surface area contributed by atoms with Crippen LogP contribution in [-0.2, 0) is 7.05 Å². The fraction of sp³-hybridized carbons (Fsp3) is 0.200. The summed E-state index contributed by atoms with van der Waals surface area (Å²) in [4.78, 5) is 23.5. The number of carbonyl (C=O) groups is 2. The highest BCUT2D eigenvalue weighted by molar-refractivity contribution is 6.07. The zero-order valence-corrected chi connectivity index (χ0v) is 12.0. The van der Waals surface area contributed by atoms with Crippen molar-refractivity contribution in [3.8, 4) is 5.75 Å². The maximum atomic E-state index is 12.2. The van der Waals surface area contributed by atoms with Crippen LogP contribution in [0.3, 0.4) is 0 Å². The zero-order chi connectivity index (χ0) is 15.6. The Morgan fingerprint density at radius 1 is 1.24 bits per heavy atom. The molecule has 0 saturated heterocycles. The Morgan fingerprint density at radius 3 is 2.48 bits per heavy atom. The van der Waals surface area contributed by atoms with Crippen molar-refractivity contribution in [1.82, 2.24) is 4.57 Å². The molecule has 0 radical (unpaired) electrons. The molecule has 6 nitrogen and oxygen atoms in total. The fourth-order valence-electron chi connectivity index (χ4n) is 1.96. The van der Waals surface area contributed by atoms with Gasteiger partial charge in [0, 0.05) is 12.7 Å². The first-order valence-electron chi connectivity index (χ1n) is 6.29. The van der Waals surface area contributed by atoms with E-state index in [0.29, 0.717) is 11.4 Å². The van der Waals surface area contributed by atoms with Crippen LogP contribution in [0.25, 0.3) is 0 Å². The summed E-state index contributed by atoms with van der Waals surface area (Å²) in [5.41, 5.74) is 1.61. The minimum atomic E-state index is -1.13. The SMILES string of the molecule is COc1ccc(NC(=O)c2ccc(C)n2C)c(C(=O)O)c1. The Labute approximate surface area is 122 Å². The van der Waals surface area contributed by atoms with Gasteiger partial charge in [-0.2, -0.15) is 0 Å². The van der Waals surface area contributed by atoms with Crippen molar-refractivity contribution in [3.05, 3.63) is 47.3 Å². The minimum absolute atomic E-state index is 0.0198. The topological polar surface area (TPSA) is 80.6 Å². The molecule has 0 spiro atoms. The number of hydrogen-bond acceptors (Lipinski definition) is 3. The standard InChI is InChI=1S/C15H16N2O4/c1-9-4-7-13(17(9)2)14(18)16-12-6-5-10(21-3)8-11(12)15(19)20/h4-8H,1-3H3,(H,16,18)(H,19,20). The number of benzene rings is 1. The number of ether oxygens (including phenoxy) is 1. The number of anilines is 1. The molecular weight excluding hydrogens is 272 g/mol. The van der Waals surface area contributed by atoms with E-state index in [9.17, 15) is 14.7 Å². The molecular formula is C15H16N2O4. The molecule has 1 aromatic carbocycles. The highest BCUT2D eigenvalue weighted by atomic mass is 16.5. The molecule has 1 heterocycles. The van der Waals surface area contributed by atoms with E-state index in [1.807, 2.05) is 13.0 Å². The highest BCUT2D eigenvalue weighted by Gasteiger charge is 2.16. The maximum Gasteiger partial charge on any atom is 0.337 e. The Hall–Kier alpha value is -2.76. The number of aryl methyl sites for hydroxylation is 1. The number of rotatable bonds is 4. The Morgan fingerprint density at radius 2 is 1.95 bits per heavy atom. The van der Waals surface area contributed by atoms with Gasteiger partial charge in [0.15, 0.2) is 0 Å². The van der Waals surface area contributed by atoms with Crippen molar-refractivity contribution in [2.75, 3.05) is 12.4 Å². The van der Waals surface area contributed by atoms with Gasteiger partial charge in [0.2, 0.25) is 0 Å². The van der Waals surface area contributed by atoms with Crippen molar-refractivity contribution in [2.45, 2.75) is 6.92 Å². The summed E-state index contributed by atoms with van der Waals surface area (Å²) in [6.07, 6.45) is 0. The molecule has 0 aliphatic rings. The van der Waals surface area contributed by atoms with E-state index in [2.05, 4.69) is 5.32 Å². The van der Waals surface area contributed by atoms with Gasteiger partial charge < -0.3 is 19.7 Å². The molecule has 2 rings (SSSR count). The zero-order valence-electron chi connectivity index (χ0n) is 12.0. The van der Waals surface area contributed by atoms with E-state index in [1.54, 1.807) is 23.7 Å². The van der Waals surface area contributed by atoms with Gasteiger partial charge in [0.1, 0.15) is 11.4 Å². The molecule has 0 atom stereocenters. The van der Waals surface area contributed by atoms with Crippen molar-refractivity contribution in [2.24, 2.45) is 7.05 Å². The lowest BCUT2D eigenvalue weighted by Crippen LogP contribution is -2.18. The average molecular weight is 288 g/mol. The van der Waals surface area contributed by atoms with E-state index in [4.69, 9.17) is 4.74 Å². The van der Waals surface area contributed by atoms with Gasteiger partial charge in [-0.05, 0) is 37.3 Å². The molecule has 6 heteroatoms. The van der Waals surface area contributed by atoms with E-state index >= 15 is 0 Å². The maximum absolute atomic E-state index is 12.2. The third-order valence-electron chi connectivity index (χ3n) is 3.31. The van der Waals surface area contributed by atoms with Gasteiger partial charge in [-0.25, -0.2) is 4.79 Å². The summed E-state index contributed by atoms with van der Waals surface area (Å²) >= 11 is 0. The molecule has 2 aromatic rings. The molecule has 21 heavy (non-hydrogen) atoms. The second-order valence-electron chi connectivity index (χ2n) is 4.59. The number of aromatic carboxylic acids is 1. The summed E-state index contributed by atoms with van der Waals surface area (Å²) in [5.74, 6) is -1.08. The first-order chi connectivity index (χ1) is 9.93. The van der Waals surface area contributed by atoms with Gasteiger partial charge >= 0.3 is 5.97 Å². The molecule has 1 amide bonds. The van der Waals surface area contributed by atoms with Crippen molar-refractivity contribution in [1.29, 1.82) is 0 Å². The average Bonchev–Trinajstić information content (AvgIpc) is 2.79. The van der Waals surface area contributed by atoms with Crippen molar-refractivity contribution >= 4 is 17.6 Å². The number of aromatic nitrogens is 1. The van der Waals surface area contributed by atoms with Crippen LogP contribution >= 0.6 is 0 Å². The molecule has 110 valence electrons. The lowest BCUT2D eigenvalue weighted by atomic mass is 10.1. The molecule has 1 aromatic heterocycles. The summed E-state index contributed by atoms with van der Waals surface area (Å²) < 4.78 is 6.73. The van der Waals surface area contributed by atoms with Crippen LogP contribution in [0.4, 0.5) is 5.69 Å².